The number of hydrogen-bond donors (Lipinski definition) is 1. The van der Waals surface area contributed by atoms with Gasteiger partial charge in [-0.3, -0.25) is 0 Å². The fourth-order valence-corrected chi connectivity index (χ4v) is 1.45. The van der Waals surface area contributed by atoms with Crippen molar-refractivity contribution < 1.29 is 0 Å². The summed E-state index contributed by atoms with van der Waals surface area (Å²) >= 11 is 2.01. The van der Waals surface area contributed by atoms with Crippen LogP contribution in [0.3, 0.4) is 0 Å². The molecule has 0 bridgehead atoms. The van der Waals surface area contributed by atoms with E-state index in [1.807, 2.05) is 11.8 Å². The Bertz CT molecular complexity index is 52.0. The van der Waals surface area contributed by atoms with E-state index in [0.29, 0.717) is 0 Å². The van der Waals surface area contributed by atoms with Crippen LogP contribution in [0, 0.1) is 12.5 Å². The number of nitrogens with two attached hydrogens (primary N) is 1. The largest absolute Gasteiger partial charge is 0.326 e. The van der Waals surface area contributed by atoms with Gasteiger partial charge in [0.05, 0.1) is 0 Å². The third kappa shape index (κ3) is 1.35. The summed E-state index contributed by atoms with van der Waals surface area (Å²) in [5.74, 6) is 3.57. The quantitative estimate of drug-likeness (QED) is 0.579. The molecule has 1 fully saturated rings. The monoisotopic (exact) mass is 116 g/mol. The summed E-state index contributed by atoms with van der Waals surface area (Å²) < 4.78 is 0. The lowest BCUT2D eigenvalue weighted by molar-refractivity contribution is 0.625. The summed E-state index contributed by atoms with van der Waals surface area (Å²) in [5, 5.41) is 0. The minimum absolute atomic E-state index is 0.912. The first-order valence-corrected chi connectivity index (χ1v) is 3.70. The maximum atomic E-state index is 5.20. The maximum absolute atomic E-state index is 5.20. The van der Waals surface area contributed by atoms with Crippen molar-refractivity contribution in [3.63, 3.8) is 0 Å². The van der Waals surface area contributed by atoms with Crippen LogP contribution in [-0.4, -0.2) is 11.5 Å². The lowest BCUT2D eigenvalue weighted by Crippen LogP contribution is -2.18. The minimum Gasteiger partial charge on any atom is -0.326 e. The van der Waals surface area contributed by atoms with Gasteiger partial charge in [-0.1, -0.05) is 0 Å². The zero-order valence-electron chi connectivity index (χ0n) is 4.26. The van der Waals surface area contributed by atoms with Gasteiger partial charge >= 0.3 is 0 Å². The molecule has 0 aliphatic carbocycles. The van der Waals surface area contributed by atoms with Crippen molar-refractivity contribution in [2.24, 2.45) is 11.7 Å². The molecule has 0 aromatic rings. The predicted octanol–water partition coefficient (Wildman–Crippen LogP) is 0.860. The lowest BCUT2D eigenvalue weighted by atomic mass is 10.1. The second-order valence-electron chi connectivity index (χ2n) is 1.87. The summed E-state index contributed by atoms with van der Waals surface area (Å²) in [6.07, 6.45) is 1.12. The molecule has 1 heterocycles. The lowest BCUT2D eigenvalue weighted by Gasteiger charge is -2.23. The van der Waals surface area contributed by atoms with Crippen LogP contribution in [0.15, 0.2) is 0 Å². The van der Waals surface area contributed by atoms with Gasteiger partial charge in [-0.15, -0.1) is 0 Å². The molecule has 0 aromatic heterocycles. The van der Waals surface area contributed by atoms with Gasteiger partial charge in [-0.2, -0.15) is 11.8 Å². The average molecular weight is 116 g/mol. The summed E-state index contributed by atoms with van der Waals surface area (Å²) in [7, 11) is 0. The molecule has 1 nitrogen and oxygen atoms in total. The van der Waals surface area contributed by atoms with Crippen LogP contribution >= 0.6 is 11.8 Å². The van der Waals surface area contributed by atoms with Gasteiger partial charge in [0.15, 0.2) is 0 Å². The van der Waals surface area contributed by atoms with Crippen molar-refractivity contribution in [1.82, 2.24) is 0 Å². The summed E-state index contributed by atoms with van der Waals surface area (Å²) in [4.78, 5) is 0. The topological polar surface area (TPSA) is 26.0 Å². The van der Waals surface area contributed by atoms with E-state index in [1.54, 1.807) is 6.54 Å². The van der Waals surface area contributed by atoms with Gasteiger partial charge in [0.1, 0.15) is 0 Å². The molecule has 1 aliphatic heterocycles. The Balaban J connectivity index is 1.93. The Hall–Kier alpha value is 0.310. The Morgan fingerprint density at radius 3 is 2.57 bits per heavy atom. The molecule has 0 unspecified atom stereocenters. The molecule has 0 aromatic carbocycles. The third-order valence-electron chi connectivity index (χ3n) is 1.18. The third-order valence-corrected chi connectivity index (χ3v) is 2.59. The molecule has 1 aliphatic rings. The highest BCUT2D eigenvalue weighted by atomic mass is 32.2. The maximum Gasteiger partial charge on any atom is 0.0195 e. The van der Waals surface area contributed by atoms with Crippen molar-refractivity contribution in [2.75, 3.05) is 11.5 Å². The Morgan fingerprint density at radius 1 is 1.71 bits per heavy atom. The van der Waals surface area contributed by atoms with Crippen LogP contribution in [0.1, 0.15) is 6.42 Å². The van der Waals surface area contributed by atoms with Crippen LogP contribution in [0.4, 0.5) is 0 Å². The Kier molecular flexibility index (Phi) is 2.00. The van der Waals surface area contributed by atoms with Crippen LogP contribution in [0.5, 0.6) is 0 Å². The summed E-state index contributed by atoms with van der Waals surface area (Å²) in [5.41, 5.74) is 5.20. The second kappa shape index (κ2) is 2.58. The normalized spacial score (nSPS) is 21.9. The summed E-state index contributed by atoms with van der Waals surface area (Å²) in [6, 6.07) is 0. The van der Waals surface area contributed by atoms with Crippen LogP contribution < -0.4 is 5.73 Å². The molecule has 0 amide bonds. The second-order valence-corrected chi connectivity index (χ2v) is 2.95. The molecule has 41 valence electrons. The van der Waals surface area contributed by atoms with Gasteiger partial charge in [-0.25, -0.2) is 0 Å². The van der Waals surface area contributed by atoms with Crippen LogP contribution in [0.2, 0.25) is 0 Å². The van der Waals surface area contributed by atoms with Gasteiger partial charge in [-0.05, 0) is 23.8 Å². The first kappa shape index (κ1) is 5.45. The van der Waals surface area contributed by atoms with Crippen molar-refractivity contribution in [3.8, 4) is 0 Å². The molecule has 1 saturated heterocycles. The molecule has 1 rings (SSSR count). The molecule has 0 spiro atoms. The van der Waals surface area contributed by atoms with Gasteiger partial charge in [0.25, 0.3) is 0 Å². The van der Waals surface area contributed by atoms with E-state index in [9.17, 15) is 0 Å². The zero-order valence-corrected chi connectivity index (χ0v) is 5.08. The highest BCUT2D eigenvalue weighted by Crippen LogP contribution is 2.26. The molecule has 1 radical (unpaired) electrons. The summed E-state index contributed by atoms with van der Waals surface area (Å²) in [6.45, 7) is 1.77. The molecule has 2 N–H and O–H groups in total. The van der Waals surface area contributed by atoms with E-state index in [0.717, 1.165) is 12.3 Å². The van der Waals surface area contributed by atoms with E-state index >= 15 is 0 Å². The van der Waals surface area contributed by atoms with E-state index < -0.39 is 0 Å². The fraction of sp³-hybridized carbons (Fsp3) is 0.800. The first-order chi connectivity index (χ1) is 3.43. The first-order valence-electron chi connectivity index (χ1n) is 2.54. The Labute approximate surface area is 48.7 Å². The zero-order chi connectivity index (χ0) is 5.11. The van der Waals surface area contributed by atoms with E-state index in [1.165, 1.54) is 11.5 Å². The van der Waals surface area contributed by atoms with Crippen molar-refractivity contribution in [2.45, 2.75) is 6.42 Å². The number of rotatable bonds is 2. The smallest absolute Gasteiger partial charge is 0.0195 e. The van der Waals surface area contributed by atoms with Crippen molar-refractivity contribution in [3.05, 3.63) is 6.54 Å². The molecule has 0 saturated carbocycles. The standard InChI is InChI=1S/C5H10NS/c6-2-1-5-3-7-4-5/h2,5H,1,3-4,6H2. The Morgan fingerprint density at radius 2 is 2.43 bits per heavy atom. The molecular weight excluding hydrogens is 106 g/mol. The highest BCUT2D eigenvalue weighted by Gasteiger charge is 2.15. The number of hydrogen-bond acceptors (Lipinski definition) is 2. The molecule has 0 atom stereocenters. The molecule has 7 heavy (non-hydrogen) atoms. The molecule has 2 heteroatoms. The van der Waals surface area contributed by atoms with Gasteiger partial charge < -0.3 is 5.73 Å². The van der Waals surface area contributed by atoms with E-state index in [4.69, 9.17) is 5.73 Å². The van der Waals surface area contributed by atoms with Gasteiger partial charge in [0.2, 0.25) is 0 Å². The highest BCUT2D eigenvalue weighted by molar-refractivity contribution is 8.00. The van der Waals surface area contributed by atoms with E-state index in [2.05, 4.69) is 0 Å². The van der Waals surface area contributed by atoms with Crippen molar-refractivity contribution >= 4 is 11.8 Å². The van der Waals surface area contributed by atoms with E-state index in [-0.39, 0.29) is 0 Å². The fourth-order valence-electron chi connectivity index (χ4n) is 0.613. The molecular formula is C5H10NS. The predicted molar refractivity (Wildman–Crippen MR) is 33.9 cm³/mol. The van der Waals surface area contributed by atoms with Crippen LogP contribution in [0.25, 0.3) is 0 Å². The number of thioether (sulfide) groups is 1. The van der Waals surface area contributed by atoms with Crippen molar-refractivity contribution in [1.29, 1.82) is 0 Å². The SMILES string of the molecule is N[CH]CC1CSC1. The van der Waals surface area contributed by atoms with Crippen LogP contribution in [-0.2, 0) is 0 Å². The van der Waals surface area contributed by atoms with Gasteiger partial charge in [0, 0.05) is 6.54 Å². The minimum atomic E-state index is 0.912. The average Bonchev–Trinajstić information content (AvgIpc) is 1.55.